The summed E-state index contributed by atoms with van der Waals surface area (Å²) < 4.78 is 9.78. The second-order valence-electron chi connectivity index (χ2n) is 1.17. The second kappa shape index (κ2) is 4.46. The molecule has 46 valence electrons. The van der Waals surface area contributed by atoms with Gasteiger partial charge in [0.25, 0.3) is 0 Å². The topological polar surface area (TPSA) is 18.5 Å². The Labute approximate surface area is 51.3 Å². The van der Waals surface area contributed by atoms with Crippen LogP contribution in [0, 0.1) is 0 Å². The van der Waals surface area contributed by atoms with E-state index in [1.54, 1.807) is 0 Å². The minimum absolute atomic E-state index is 1.39. The summed E-state index contributed by atoms with van der Waals surface area (Å²) in [5, 5.41) is 0. The third-order valence-corrected chi connectivity index (χ3v) is 1.73. The minimum atomic E-state index is -1.44. The molecule has 3 heteroatoms. The predicted octanol–water partition coefficient (Wildman–Crippen LogP) is 1.16. The average Bonchev–Trinajstić information content (AvgIpc) is 1.68. The van der Waals surface area contributed by atoms with Crippen LogP contribution in [0.1, 0.15) is 0 Å². The van der Waals surface area contributed by atoms with Gasteiger partial charge >= 0.3 is 9.28 Å². The van der Waals surface area contributed by atoms with Crippen molar-refractivity contribution in [2.24, 2.45) is 0 Å². The monoisotopic (exact) mass is 130 g/mol. The van der Waals surface area contributed by atoms with Crippen LogP contribution in [0.15, 0.2) is 25.7 Å². The molecule has 0 aromatic carbocycles. The predicted molar refractivity (Wildman–Crippen MR) is 35.6 cm³/mol. The molecule has 0 fully saturated rings. The zero-order valence-electron chi connectivity index (χ0n) is 4.96. The zero-order chi connectivity index (χ0) is 6.41. The van der Waals surface area contributed by atoms with Crippen LogP contribution in [0.25, 0.3) is 0 Å². The number of rotatable bonds is 4. The van der Waals surface area contributed by atoms with Crippen molar-refractivity contribution in [1.82, 2.24) is 0 Å². The highest BCUT2D eigenvalue weighted by Gasteiger charge is 1.99. The van der Waals surface area contributed by atoms with Crippen molar-refractivity contribution < 1.29 is 8.85 Å². The molecule has 0 unspecified atom stereocenters. The molecule has 2 nitrogen and oxygen atoms in total. The van der Waals surface area contributed by atoms with E-state index in [1.165, 1.54) is 12.5 Å². The molecule has 0 aliphatic rings. The standard InChI is InChI=1S/C5H10O2Si/c1-4-6-8(3)7-5-2/h4-5,8H,1-2H2,3H3. The fourth-order valence-electron chi connectivity index (χ4n) is 0.303. The Morgan fingerprint density at radius 1 is 1.25 bits per heavy atom. The SMILES string of the molecule is C=CO[SiH](C)OC=C. The summed E-state index contributed by atoms with van der Waals surface area (Å²) in [6.07, 6.45) is 2.78. The molecule has 0 amide bonds. The summed E-state index contributed by atoms with van der Waals surface area (Å²) in [6.45, 7) is 8.65. The summed E-state index contributed by atoms with van der Waals surface area (Å²) in [5.41, 5.74) is 0. The molecule has 8 heavy (non-hydrogen) atoms. The van der Waals surface area contributed by atoms with Crippen molar-refractivity contribution in [2.45, 2.75) is 6.55 Å². The highest BCUT2D eigenvalue weighted by atomic mass is 28.3. The molecular weight excluding hydrogens is 120 g/mol. The maximum atomic E-state index is 4.89. The van der Waals surface area contributed by atoms with Crippen LogP contribution in [-0.4, -0.2) is 9.28 Å². The molecule has 0 spiro atoms. The molecule has 0 heterocycles. The largest absolute Gasteiger partial charge is 0.521 e. The van der Waals surface area contributed by atoms with Gasteiger partial charge in [-0.05, 0) is 6.55 Å². The molecule has 0 aromatic rings. The van der Waals surface area contributed by atoms with Crippen molar-refractivity contribution in [3.8, 4) is 0 Å². The maximum absolute atomic E-state index is 4.89. The number of hydrogen-bond acceptors (Lipinski definition) is 2. The molecule has 0 N–H and O–H groups in total. The normalized spacial score (nSPS) is 8.25. The molecule has 0 rings (SSSR count). The van der Waals surface area contributed by atoms with Crippen LogP contribution in [0.4, 0.5) is 0 Å². The summed E-state index contributed by atoms with van der Waals surface area (Å²) >= 11 is 0. The smallest absolute Gasteiger partial charge is 0.440 e. The minimum Gasteiger partial charge on any atom is -0.521 e. The summed E-state index contributed by atoms with van der Waals surface area (Å²) in [5.74, 6) is 0. The molecule has 0 aromatic heterocycles. The van der Waals surface area contributed by atoms with Crippen molar-refractivity contribution in [3.05, 3.63) is 25.7 Å². The van der Waals surface area contributed by atoms with Gasteiger partial charge < -0.3 is 8.85 Å². The first-order chi connectivity index (χ1) is 3.81. The third kappa shape index (κ3) is 3.49. The van der Waals surface area contributed by atoms with E-state index in [9.17, 15) is 0 Å². The Morgan fingerprint density at radius 2 is 1.62 bits per heavy atom. The Morgan fingerprint density at radius 3 is 1.88 bits per heavy atom. The van der Waals surface area contributed by atoms with Gasteiger partial charge in [-0.15, -0.1) is 0 Å². The molecule has 0 radical (unpaired) electrons. The van der Waals surface area contributed by atoms with Gasteiger partial charge in [0.2, 0.25) is 0 Å². The molecule has 0 atom stereocenters. The van der Waals surface area contributed by atoms with Gasteiger partial charge in [0.15, 0.2) is 0 Å². The lowest BCUT2D eigenvalue weighted by Gasteiger charge is -2.05. The first kappa shape index (κ1) is 7.30. The number of hydrogen-bond donors (Lipinski definition) is 0. The Kier molecular flexibility index (Phi) is 4.06. The molecule has 0 saturated carbocycles. The van der Waals surface area contributed by atoms with Gasteiger partial charge in [-0.3, -0.25) is 0 Å². The molecule has 0 bridgehead atoms. The van der Waals surface area contributed by atoms with Gasteiger partial charge in [0, 0.05) is 0 Å². The highest BCUT2D eigenvalue weighted by Crippen LogP contribution is 1.87. The van der Waals surface area contributed by atoms with Gasteiger partial charge in [-0.2, -0.15) is 0 Å². The summed E-state index contributed by atoms with van der Waals surface area (Å²) in [7, 11) is -1.44. The van der Waals surface area contributed by atoms with Crippen molar-refractivity contribution in [1.29, 1.82) is 0 Å². The molecule has 0 aliphatic carbocycles. The lowest BCUT2D eigenvalue weighted by Crippen LogP contribution is -2.10. The van der Waals surface area contributed by atoms with Crippen LogP contribution >= 0.6 is 0 Å². The van der Waals surface area contributed by atoms with E-state index >= 15 is 0 Å². The van der Waals surface area contributed by atoms with E-state index in [1.807, 2.05) is 6.55 Å². The lowest BCUT2D eigenvalue weighted by molar-refractivity contribution is 0.351. The van der Waals surface area contributed by atoms with E-state index in [2.05, 4.69) is 13.2 Å². The van der Waals surface area contributed by atoms with Crippen molar-refractivity contribution >= 4 is 9.28 Å². The van der Waals surface area contributed by atoms with E-state index in [0.29, 0.717) is 0 Å². The fraction of sp³-hybridized carbons (Fsp3) is 0.200. The first-order valence-corrected chi connectivity index (χ1v) is 4.43. The van der Waals surface area contributed by atoms with Crippen LogP contribution in [0.5, 0.6) is 0 Å². The van der Waals surface area contributed by atoms with Gasteiger partial charge in [0.1, 0.15) is 0 Å². The molecular formula is C5H10O2Si. The van der Waals surface area contributed by atoms with Gasteiger partial charge in [-0.25, -0.2) is 0 Å². The van der Waals surface area contributed by atoms with Gasteiger partial charge in [-0.1, -0.05) is 13.2 Å². The third-order valence-electron chi connectivity index (χ3n) is 0.576. The molecule has 0 saturated heterocycles. The van der Waals surface area contributed by atoms with E-state index in [4.69, 9.17) is 8.85 Å². The Balaban J connectivity index is 3.16. The second-order valence-corrected chi connectivity index (χ2v) is 2.85. The Hall–Kier alpha value is -0.703. The van der Waals surface area contributed by atoms with Gasteiger partial charge in [0.05, 0.1) is 12.5 Å². The van der Waals surface area contributed by atoms with Crippen LogP contribution in [-0.2, 0) is 8.85 Å². The quantitative estimate of drug-likeness (QED) is 0.420. The van der Waals surface area contributed by atoms with Crippen LogP contribution in [0.2, 0.25) is 6.55 Å². The Bertz CT molecular complexity index is 72.5. The van der Waals surface area contributed by atoms with Crippen LogP contribution < -0.4 is 0 Å². The summed E-state index contributed by atoms with van der Waals surface area (Å²) in [6, 6.07) is 0. The molecule has 0 aliphatic heterocycles. The van der Waals surface area contributed by atoms with E-state index < -0.39 is 9.28 Å². The van der Waals surface area contributed by atoms with E-state index in [0.717, 1.165) is 0 Å². The van der Waals surface area contributed by atoms with Crippen molar-refractivity contribution in [2.75, 3.05) is 0 Å². The average molecular weight is 130 g/mol. The maximum Gasteiger partial charge on any atom is 0.440 e. The fourth-order valence-corrected chi connectivity index (χ4v) is 0.909. The van der Waals surface area contributed by atoms with E-state index in [-0.39, 0.29) is 0 Å². The van der Waals surface area contributed by atoms with Crippen molar-refractivity contribution in [3.63, 3.8) is 0 Å². The summed E-state index contributed by atoms with van der Waals surface area (Å²) in [4.78, 5) is 0. The first-order valence-electron chi connectivity index (χ1n) is 2.34. The zero-order valence-corrected chi connectivity index (χ0v) is 6.12. The highest BCUT2D eigenvalue weighted by molar-refractivity contribution is 6.42. The lowest BCUT2D eigenvalue weighted by atomic mass is 11.2. The van der Waals surface area contributed by atoms with Crippen LogP contribution in [0.3, 0.4) is 0 Å².